The minimum atomic E-state index is -0.0896. The number of nitrogens with one attached hydrogen (secondary N) is 2. The standard InChI is InChI=1S/C13H14N2O/c1-9-3-4-12(10(2)7-9)15-13(16)11-5-6-14-8-11/h3-8,14H,1-2H3,(H,15,16). The van der Waals surface area contributed by atoms with Gasteiger partial charge in [-0.25, -0.2) is 0 Å². The predicted molar refractivity (Wildman–Crippen MR) is 64.7 cm³/mol. The van der Waals surface area contributed by atoms with Crippen LogP contribution in [0.15, 0.2) is 36.7 Å². The van der Waals surface area contributed by atoms with Crippen LogP contribution in [-0.2, 0) is 0 Å². The van der Waals surface area contributed by atoms with Gasteiger partial charge in [0, 0.05) is 18.1 Å². The van der Waals surface area contributed by atoms with Crippen molar-refractivity contribution in [3.05, 3.63) is 53.3 Å². The van der Waals surface area contributed by atoms with E-state index in [9.17, 15) is 4.79 Å². The molecule has 1 aromatic carbocycles. The number of carbonyl (C=O) groups excluding carboxylic acids is 1. The summed E-state index contributed by atoms with van der Waals surface area (Å²) < 4.78 is 0. The van der Waals surface area contributed by atoms with Crippen molar-refractivity contribution >= 4 is 11.6 Å². The number of anilines is 1. The molecular formula is C13H14N2O. The summed E-state index contributed by atoms with van der Waals surface area (Å²) in [7, 11) is 0. The molecule has 0 atom stereocenters. The van der Waals surface area contributed by atoms with Crippen molar-refractivity contribution in [3.8, 4) is 0 Å². The zero-order valence-corrected chi connectivity index (χ0v) is 9.37. The molecule has 0 radical (unpaired) electrons. The molecule has 1 heterocycles. The first-order valence-corrected chi connectivity index (χ1v) is 5.18. The molecule has 2 aromatic rings. The van der Waals surface area contributed by atoms with Crippen molar-refractivity contribution in [1.29, 1.82) is 0 Å². The van der Waals surface area contributed by atoms with Gasteiger partial charge in [-0.3, -0.25) is 4.79 Å². The Hall–Kier alpha value is -2.03. The summed E-state index contributed by atoms with van der Waals surface area (Å²) in [6, 6.07) is 7.71. The first-order chi connectivity index (χ1) is 7.66. The Kier molecular flexibility index (Phi) is 2.77. The van der Waals surface area contributed by atoms with E-state index in [0.29, 0.717) is 5.56 Å². The highest BCUT2D eigenvalue weighted by Crippen LogP contribution is 2.16. The number of hydrogen-bond donors (Lipinski definition) is 2. The molecule has 0 fully saturated rings. The van der Waals surface area contributed by atoms with Crippen LogP contribution in [0.1, 0.15) is 21.5 Å². The molecule has 2 N–H and O–H groups in total. The van der Waals surface area contributed by atoms with Crippen LogP contribution in [0.2, 0.25) is 0 Å². The molecule has 0 saturated carbocycles. The maximum Gasteiger partial charge on any atom is 0.257 e. The van der Waals surface area contributed by atoms with E-state index in [4.69, 9.17) is 0 Å². The molecule has 0 aliphatic rings. The molecule has 82 valence electrons. The average Bonchev–Trinajstić information content (AvgIpc) is 2.75. The topological polar surface area (TPSA) is 44.9 Å². The van der Waals surface area contributed by atoms with Crippen LogP contribution in [0.25, 0.3) is 0 Å². The SMILES string of the molecule is Cc1ccc(NC(=O)c2cc[nH]c2)c(C)c1. The van der Waals surface area contributed by atoms with Crippen molar-refractivity contribution in [1.82, 2.24) is 4.98 Å². The number of rotatable bonds is 2. The van der Waals surface area contributed by atoms with Gasteiger partial charge in [0.25, 0.3) is 5.91 Å². The fourth-order valence-electron chi connectivity index (χ4n) is 1.61. The highest BCUT2D eigenvalue weighted by Gasteiger charge is 2.07. The molecule has 16 heavy (non-hydrogen) atoms. The van der Waals surface area contributed by atoms with E-state index in [-0.39, 0.29) is 5.91 Å². The number of benzene rings is 1. The predicted octanol–water partition coefficient (Wildman–Crippen LogP) is 2.88. The third kappa shape index (κ3) is 2.14. The van der Waals surface area contributed by atoms with Gasteiger partial charge < -0.3 is 10.3 Å². The number of aromatic amines is 1. The summed E-state index contributed by atoms with van der Waals surface area (Å²) in [5.41, 5.74) is 3.76. The van der Waals surface area contributed by atoms with Crippen LogP contribution in [0.5, 0.6) is 0 Å². The van der Waals surface area contributed by atoms with Crippen molar-refractivity contribution in [2.24, 2.45) is 0 Å². The lowest BCUT2D eigenvalue weighted by molar-refractivity contribution is 0.102. The summed E-state index contributed by atoms with van der Waals surface area (Å²) in [5, 5.41) is 2.88. The minimum absolute atomic E-state index is 0.0896. The molecule has 0 bridgehead atoms. The highest BCUT2D eigenvalue weighted by atomic mass is 16.1. The number of aryl methyl sites for hydroxylation is 2. The first-order valence-electron chi connectivity index (χ1n) is 5.18. The fraction of sp³-hybridized carbons (Fsp3) is 0.154. The van der Waals surface area contributed by atoms with Crippen molar-refractivity contribution in [2.75, 3.05) is 5.32 Å². The van der Waals surface area contributed by atoms with Crippen LogP contribution in [0, 0.1) is 13.8 Å². The van der Waals surface area contributed by atoms with Crippen LogP contribution >= 0.6 is 0 Å². The first kappa shape index (κ1) is 10.5. The third-order valence-electron chi connectivity index (χ3n) is 2.49. The number of amides is 1. The molecular weight excluding hydrogens is 200 g/mol. The van der Waals surface area contributed by atoms with Crippen molar-refractivity contribution in [3.63, 3.8) is 0 Å². The quantitative estimate of drug-likeness (QED) is 0.793. The second-order valence-electron chi connectivity index (χ2n) is 3.87. The van der Waals surface area contributed by atoms with E-state index < -0.39 is 0 Å². The fourth-order valence-corrected chi connectivity index (χ4v) is 1.61. The number of H-pyrrole nitrogens is 1. The number of aromatic nitrogens is 1. The molecule has 3 nitrogen and oxygen atoms in total. The summed E-state index contributed by atoms with van der Waals surface area (Å²) in [5.74, 6) is -0.0896. The number of carbonyl (C=O) groups is 1. The van der Waals surface area contributed by atoms with Gasteiger partial charge >= 0.3 is 0 Å². The monoisotopic (exact) mass is 214 g/mol. The second kappa shape index (κ2) is 4.23. The lowest BCUT2D eigenvalue weighted by atomic mass is 10.1. The summed E-state index contributed by atoms with van der Waals surface area (Å²) >= 11 is 0. The zero-order chi connectivity index (χ0) is 11.5. The van der Waals surface area contributed by atoms with Gasteiger partial charge in [-0.05, 0) is 31.5 Å². The van der Waals surface area contributed by atoms with E-state index >= 15 is 0 Å². The van der Waals surface area contributed by atoms with Crippen molar-refractivity contribution in [2.45, 2.75) is 13.8 Å². The van der Waals surface area contributed by atoms with Crippen LogP contribution < -0.4 is 5.32 Å². The van der Waals surface area contributed by atoms with Gasteiger partial charge in [0.1, 0.15) is 0 Å². The maximum absolute atomic E-state index is 11.8. The van der Waals surface area contributed by atoms with Gasteiger partial charge in [-0.15, -0.1) is 0 Å². The highest BCUT2D eigenvalue weighted by molar-refractivity contribution is 6.04. The van der Waals surface area contributed by atoms with Gasteiger partial charge in [0.2, 0.25) is 0 Å². The van der Waals surface area contributed by atoms with Crippen LogP contribution in [-0.4, -0.2) is 10.9 Å². The molecule has 0 spiro atoms. The molecule has 0 aliphatic carbocycles. The van der Waals surface area contributed by atoms with E-state index in [1.807, 2.05) is 32.0 Å². The second-order valence-corrected chi connectivity index (χ2v) is 3.87. The normalized spacial score (nSPS) is 10.1. The average molecular weight is 214 g/mol. The lowest BCUT2D eigenvalue weighted by Gasteiger charge is -2.08. The Morgan fingerprint density at radius 1 is 1.25 bits per heavy atom. The summed E-state index contributed by atoms with van der Waals surface area (Å²) in [4.78, 5) is 14.6. The van der Waals surface area contributed by atoms with Crippen molar-refractivity contribution < 1.29 is 4.79 Å². The Morgan fingerprint density at radius 2 is 2.06 bits per heavy atom. The Labute approximate surface area is 94.5 Å². The molecule has 2 rings (SSSR count). The summed E-state index contributed by atoms with van der Waals surface area (Å²) in [6.07, 6.45) is 3.41. The maximum atomic E-state index is 11.8. The summed E-state index contributed by atoms with van der Waals surface area (Å²) in [6.45, 7) is 4.02. The largest absolute Gasteiger partial charge is 0.367 e. The Balaban J connectivity index is 2.18. The lowest BCUT2D eigenvalue weighted by Crippen LogP contribution is -2.11. The van der Waals surface area contributed by atoms with E-state index in [0.717, 1.165) is 11.3 Å². The molecule has 3 heteroatoms. The van der Waals surface area contributed by atoms with Gasteiger partial charge in [-0.2, -0.15) is 0 Å². The van der Waals surface area contributed by atoms with E-state index in [1.54, 1.807) is 18.5 Å². The minimum Gasteiger partial charge on any atom is -0.367 e. The van der Waals surface area contributed by atoms with Crippen LogP contribution in [0.3, 0.4) is 0 Å². The third-order valence-corrected chi connectivity index (χ3v) is 2.49. The van der Waals surface area contributed by atoms with E-state index in [1.165, 1.54) is 5.56 Å². The van der Waals surface area contributed by atoms with Gasteiger partial charge in [0.05, 0.1) is 5.56 Å². The molecule has 1 amide bonds. The van der Waals surface area contributed by atoms with Gasteiger partial charge in [-0.1, -0.05) is 17.7 Å². The number of hydrogen-bond acceptors (Lipinski definition) is 1. The molecule has 1 aromatic heterocycles. The smallest absolute Gasteiger partial charge is 0.257 e. The van der Waals surface area contributed by atoms with Gasteiger partial charge in [0.15, 0.2) is 0 Å². The molecule has 0 aliphatic heterocycles. The zero-order valence-electron chi connectivity index (χ0n) is 9.37. The Bertz CT molecular complexity index is 501. The molecule has 0 unspecified atom stereocenters. The van der Waals surface area contributed by atoms with E-state index in [2.05, 4.69) is 10.3 Å². The van der Waals surface area contributed by atoms with Crippen LogP contribution in [0.4, 0.5) is 5.69 Å². The molecule has 0 saturated heterocycles. The Morgan fingerprint density at radius 3 is 2.69 bits per heavy atom.